The van der Waals surface area contributed by atoms with E-state index in [1.807, 2.05) is 11.6 Å². The minimum atomic E-state index is -0.328. The van der Waals surface area contributed by atoms with Gasteiger partial charge in [-0.2, -0.15) is 5.10 Å². The topological polar surface area (TPSA) is 44.1 Å². The lowest BCUT2D eigenvalue weighted by molar-refractivity contribution is 0.0599. The Morgan fingerprint density at radius 1 is 1.60 bits per heavy atom. The van der Waals surface area contributed by atoms with Gasteiger partial charge in [-0.25, -0.2) is 4.79 Å². The van der Waals surface area contributed by atoms with E-state index < -0.39 is 0 Å². The molecule has 0 unspecified atom stereocenters. The Bertz CT molecular complexity index is 367. The highest BCUT2D eigenvalue weighted by atomic mass is 16.5. The number of nitrogens with zero attached hydrogens (tertiary/aromatic N) is 2. The van der Waals surface area contributed by atoms with Crippen LogP contribution in [0.1, 0.15) is 43.2 Å². The van der Waals surface area contributed by atoms with Crippen molar-refractivity contribution in [2.24, 2.45) is 0 Å². The Morgan fingerprint density at radius 3 is 2.67 bits per heavy atom. The fraction of sp³-hybridized carbons (Fsp3) is 0.636. The van der Waals surface area contributed by atoms with Gasteiger partial charge in [0.2, 0.25) is 0 Å². The average Bonchev–Trinajstić information content (AvgIpc) is 2.60. The molecule has 0 saturated carbocycles. The van der Waals surface area contributed by atoms with Crippen LogP contribution in [0.25, 0.3) is 0 Å². The van der Waals surface area contributed by atoms with Gasteiger partial charge in [-0.05, 0) is 27.2 Å². The number of aromatic nitrogens is 2. The molecule has 0 aliphatic carbocycles. The van der Waals surface area contributed by atoms with Crippen LogP contribution in [-0.4, -0.2) is 22.9 Å². The van der Waals surface area contributed by atoms with E-state index in [9.17, 15) is 4.79 Å². The van der Waals surface area contributed by atoms with E-state index in [0.717, 1.165) is 6.42 Å². The quantitative estimate of drug-likeness (QED) is 0.718. The summed E-state index contributed by atoms with van der Waals surface area (Å²) in [5.74, 6) is -0.328. The van der Waals surface area contributed by atoms with Crippen molar-refractivity contribution in [2.45, 2.75) is 39.7 Å². The Labute approximate surface area is 90.2 Å². The fourth-order valence-corrected chi connectivity index (χ4v) is 1.24. The zero-order valence-corrected chi connectivity index (χ0v) is 10.00. The van der Waals surface area contributed by atoms with E-state index in [-0.39, 0.29) is 11.5 Å². The van der Waals surface area contributed by atoms with Crippen molar-refractivity contribution in [3.8, 4) is 0 Å². The Hall–Kier alpha value is -1.32. The molecule has 1 aromatic heterocycles. The first-order valence-electron chi connectivity index (χ1n) is 5.07. The van der Waals surface area contributed by atoms with E-state index in [1.54, 1.807) is 6.20 Å². The van der Waals surface area contributed by atoms with E-state index in [1.165, 1.54) is 7.11 Å². The number of methoxy groups -OCH3 is 1. The molecule has 84 valence electrons. The number of ether oxygens (including phenoxy) is 1. The van der Waals surface area contributed by atoms with Crippen molar-refractivity contribution in [3.05, 3.63) is 17.5 Å². The first-order chi connectivity index (χ1) is 6.92. The molecule has 0 saturated heterocycles. The lowest BCUT2D eigenvalue weighted by Crippen LogP contribution is -2.25. The van der Waals surface area contributed by atoms with Crippen LogP contribution in [0.15, 0.2) is 6.20 Å². The lowest BCUT2D eigenvalue weighted by atomic mass is 10.0. The van der Waals surface area contributed by atoms with Crippen LogP contribution >= 0.6 is 0 Å². The van der Waals surface area contributed by atoms with Crippen LogP contribution in [0.3, 0.4) is 0 Å². The summed E-state index contributed by atoms with van der Waals surface area (Å²) >= 11 is 0. The SMILES string of the molecule is CCC(C)(C)n1cc(C(=O)OC)c(C)n1. The van der Waals surface area contributed by atoms with Crippen molar-refractivity contribution in [2.75, 3.05) is 7.11 Å². The average molecular weight is 210 g/mol. The predicted octanol–water partition coefficient (Wildman–Crippen LogP) is 2.12. The molecule has 0 radical (unpaired) electrons. The minimum absolute atomic E-state index is 0.0724. The summed E-state index contributed by atoms with van der Waals surface area (Å²) in [4.78, 5) is 11.4. The maximum atomic E-state index is 11.4. The minimum Gasteiger partial charge on any atom is -0.465 e. The first kappa shape index (κ1) is 11.8. The van der Waals surface area contributed by atoms with Gasteiger partial charge in [0.05, 0.1) is 18.3 Å². The second-order valence-corrected chi connectivity index (χ2v) is 4.23. The number of esters is 1. The van der Waals surface area contributed by atoms with Gasteiger partial charge in [0, 0.05) is 6.20 Å². The molecule has 0 N–H and O–H groups in total. The van der Waals surface area contributed by atoms with Crippen molar-refractivity contribution < 1.29 is 9.53 Å². The van der Waals surface area contributed by atoms with Gasteiger partial charge in [0.1, 0.15) is 5.56 Å². The highest BCUT2D eigenvalue weighted by Gasteiger charge is 2.22. The number of hydrogen-bond acceptors (Lipinski definition) is 3. The van der Waals surface area contributed by atoms with Crippen LogP contribution in [-0.2, 0) is 10.3 Å². The number of hydrogen-bond donors (Lipinski definition) is 0. The third kappa shape index (κ3) is 2.19. The van der Waals surface area contributed by atoms with Gasteiger partial charge < -0.3 is 4.74 Å². The Kier molecular flexibility index (Phi) is 3.17. The third-order valence-electron chi connectivity index (χ3n) is 2.79. The highest BCUT2D eigenvalue weighted by Crippen LogP contribution is 2.20. The molecule has 0 aliphatic heterocycles. The van der Waals surface area contributed by atoms with E-state index in [0.29, 0.717) is 11.3 Å². The van der Waals surface area contributed by atoms with Crippen LogP contribution in [0.5, 0.6) is 0 Å². The van der Waals surface area contributed by atoms with Crippen LogP contribution in [0, 0.1) is 6.92 Å². The molecule has 0 aromatic carbocycles. The van der Waals surface area contributed by atoms with Gasteiger partial charge in [-0.1, -0.05) is 6.92 Å². The number of aryl methyl sites for hydroxylation is 1. The van der Waals surface area contributed by atoms with Crippen molar-refractivity contribution in [1.29, 1.82) is 0 Å². The van der Waals surface area contributed by atoms with E-state index >= 15 is 0 Å². The largest absolute Gasteiger partial charge is 0.465 e. The van der Waals surface area contributed by atoms with Crippen LogP contribution < -0.4 is 0 Å². The smallest absolute Gasteiger partial charge is 0.341 e. The first-order valence-corrected chi connectivity index (χ1v) is 5.07. The van der Waals surface area contributed by atoms with Crippen LogP contribution in [0.2, 0.25) is 0 Å². The number of carbonyl (C=O) groups excluding carboxylic acids is 1. The maximum absolute atomic E-state index is 11.4. The van der Waals surface area contributed by atoms with Gasteiger partial charge in [-0.3, -0.25) is 4.68 Å². The Balaban J connectivity index is 3.11. The second-order valence-electron chi connectivity index (χ2n) is 4.23. The molecule has 4 nitrogen and oxygen atoms in total. The van der Waals surface area contributed by atoms with Crippen LogP contribution in [0.4, 0.5) is 0 Å². The summed E-state index contributed by atoms with van der Waals surface area (Å²) in [6.07, 6.45) is 2.71. The molecule has 0 aliphatic rings. The van der Waals surface area contributed by atoms with E-state index in [2.05, 4.69) is 30.6 Å². The molecule has 1 heterocycles. The normalized spacial score (nSPS) is 11.5. The zero-order chi connectivity index (χ0) is 11.6. The number of rotatable bonds is 3. The standard InChI is InChI=1S/C11H18N2O2/c1-6-11(3,4)13-7-9(8(2)12-13)10(14)15-5/h7H,6H2,1-5H3. The zero-order valence-electron chi connectivity index (χ0n) is 10.00. The highest BCUT2D eigenvalue weighted by molar-refractivity contribution is 5.90. The molecule has 0 fully saturated rings. The molecular weight excluding hydrogens is 192 g/mol. The summed E-state index contributed by atoms with van der Waals surface area (Å²) < 4.78 is 6.51. The summed E-state index contributed by atoms with van der Waals surface area (Å²) in [7, 11) is 1.38. The second kappa shape index (κ2) is 4.04. The maximum Gasteiger partial charge on any atom is 0.341 e. The lowest BCUT2D eigenvalue weighted by Gasteiger charge is -2.23. The van der Waals surface area contributed by atoms with Crippen molar-refractivity contribution in [3.63, 3.8) is 0 Å². The molecule has 0 spiro atoms. The van der Waals surface area contributed by atoms with Gasteiger partial charge in [0.25, 0.3) is 0 Å². The Morgan fingerprint density at radius 2 is 2.20 bits per heavy atom. The molecule has 0 atom stereocenters. The monoisotopic (exact) mass is 210 g/mol. The van der Waals surface area contributed by atoms with Gasteiger partial charge >= 0.3 is 5.97 Å². The molecule has 0 bridgehead atoms. The van der Waals surface area contributed by atoms with Crippen molar-refractivity contribution >= 4 is 5.97 Å². The molecule has 0 amide bonds. The third-order valence-corrected chi connectivity index (χ3v) is 2.79. The van der Waals surface area contributed by atoms with Crippen molar-refractivity contribution in [1.82, 2.24) is 9.78 Å². The molecule has 1 rings (SSSR count). The van der Waals surface area contributed by atoms with E-state index in [4.69, 9.17) is 0 Å². The van der Waals surface area contributed by atoms with Gasteiger partial charge in [-0.15, -0.1) is 0 Å². The molecule has 15 heavy (non-hydrogen) atoms. The fourth-order valence-electron chi connectivity index (χ4n) is 1.24. The molecule has 4 heteroatoms. The summed E-state index contributed by atoms with van der Waals surface area (Å²) in [5.41, 5.74) is 1.18. The molecular formula is C11H18N2O2. The summed E-state index contributed by atoms with van der Waals surface area (Å²) in [6.45, 7) is 8.07. The summed E-state index contributed by atoms with van der Waals surface area (Å²) in [5, 5.41) is 4.34. The number of carbonyl (C=O) groups is 1. The summed E-state index contributed by atoms with van der Waals surface area (Å²) in [6, 6.07) is 0. The van der Waals surface area contributed by atoms with Gasteiger partial charge in [0.15, 0.2) is 0 Å². The molecule has 1 aromatic rings. The predicted molar refractivity (Wildman–Crippen MR) is 57.9 cm³/mol.